The highest BCUT2D eigenvalue weighted by atomic mass is 35.5. The van der Waals surface area contributed by atoms with Gasteiger partial charge in [0.1, 0.15) is 12.3 Å². The summed E-state index contributed by atoms with van der Waals surface area (Å²) in [5, 5.41) is 4.07. The molecule has 166 valence electrons. The van der Waals surface area contributed by atoms with E-state index < -0.39 is 22.5 Å². The molecular formula is C22H19Cl2N3O4S. The van der Waals surface area contributed by atoms with Crippen LogP contribution in [0.1, 0.15) is 5.56 Å². The number of ether oxygens (including phenoxy) is 1. The smallest absolute Gasteiger partial charge is 0.264 e. The molecule has 0 aliphatic carbocycles. The number of benzene rings is 3. The minimum Gasteiger partial charge on any atom is -0.497 e. The number of methoxy groups -OCH3 is 1. The lowest BCUT2D eigenvalue weighted by Gasteiger charge is -2.24. The topological polar surface area (TPSA) is 88.1 Å². The second-order valence-corrected chi connectivity index (χ2v) is 9.11. The van der Waals surface area contributed by atoms with Crippen LogP contribution in [0.15, 0.2) is 82.8 Å². The Hall–Kier alpha value is -3.07. The molecule has 0 heterocycles. The quantitative estimate of drug-likeness (QED) is 0.374. The van der Waals surface area contributed by atoms with Crippen LogP contribution < -0.4 is 14.5 Å². The highest BCUT2D eigenvalue weighted by Crippen LogP contribution is 2.35. The van der Waals surface area contributed by atoms with E-state index in [1.54, 1.807) is 55.6 Å². The summed E-state index contributed by atoms with van der Waals surface area (Å²) in [4.78, 5) is 12.6. The first-order chi connectivity index (χ1) is 15.3. The van der Waals surface area contributed by atoms with Gasteiger partial charge in [-0.1, -0.05) is 47.5 Å². The Morgan fingerprint density at radius 1 is 1.03 bits per heavy atom. The number of nitrogens with one attached hydrogen (secondary N) is 1. The number of carbonyl (C=O) groups is 1. The molecule has 0 spiro atoms. The van der Waals surface area contributed by atoms with Crippen LogP contribution in [0.25, 0.3) is 0 Å². The second-order valence-electron chi connectivity index (χ2n) is 6.46. The fourth-order valence-corrected chi connectivity index (χ4v) is 4.64. The third kappa shape index (κ3) is 5.59. The number of sulfonamides is 1. The van der Waals surface area contributed by atoms with Crippen molar-refractivity contribution >= 4 is 51.0 Å². The molecule has 7 nitrogen and oxygen atoms in total. The molecule has 0 saturated carbocycles. The molecule has 3 aromatic rings. The molecule has 0 unspecified atom stereocenters. The number of hydrogen-bond acceptors (Lipinski definition) is 5. The third-order valence-electron chi connectivity index (χ3n) is 4.34. The number of rotatable bonds is 8. The number of nitrogens with zero attached hydrogens (tertiary/aromatic N) is 2. The van der Waals surface area contributed by atoms with Crippen molar-refractivity contribution in [3.63, 3.8) is 0 Å². The Morgan fingerprint density at radius 3 is 2.38 bits per heavy atom. The first-order valence-electron chi connectivity index (χ1n) is 9.30. The first-order valence-corrected chi connectivity index (χ1v) is 11.5. The summed E-state index contributed by atoms with van der Waals surface area (Å²) in [5.41, 5.74) is 3.14. The van der Waals surface area contributed by atoms with Crippen LogP contribution in [0, 0.1) is 0 Å². The monoisotopic (exact) mass is 491 g/mol. The minimum atomic E-state index is -4.11. The number of hydrogen-bond donors (Lipinski definition) is 1. The Bertz CT molecular complexity index is 1220. The van der Waals surface area contributed by atoms with Crippen molar-refractivity contribution in [2.75, 3.05) is 18.0 Å². The SMILES string of the molecule is COc1ccc(/C=N\NC(=O)CN(c2cccc(Cl)c2Cl)S(=O)(=O)c2ccccc2)cc1. The lowest BCUT2D eigenvalue weighted by molar-refractivity contribution is -0.119. The summed E-state index contributed by atoms with van der Waals surface area (Å²) in [6.45, 7) is -0.558. The fourth-order valence-electron chi connectivity index (χ4n) is 2.74. The van der Waals surface area contributed by atoms with Gasteiger partial charge in [-0.15, -0.1) is 0 Å². The molecule has 0 bridgehead atoms. The Kier molecular flexibility index (Phi) is 7.74. The van der Waals surface area contributed by atoms with Crippen LogP contribution in [0.4, 0.5) is 5.69 Å². The van der Waals surface area contributed by atoms with Gasteiger partial charge in [0.25, 0.3) is 15.9 Å². The number of carbonyl (C=O) groups excluding carboxylic acids is 1. The average Bonchev–Trinajstić information content (AvgIpc) is 2.80. The van der Waals surface area contributed by atoms with Crippen LogP contribution in [-0.4, -0.2) is 34.2 Å². The molecule has 0 saturated heterocycles. The molecule has 1 amide bonds. The summed E-state index contributed by atoms with van der Waals surface area (Å²) in [6.07, 6.45) is 1.43. The van der Waals surface area contributed by atoms with Gasteiger partial charge < -0.3 is 4.74 Å². The zero-order valence-electron chi connectivity index (χ0n) is 16.9. The summed E-state index contributed by atoms with van der Waals surface area (Å²) in [6, 6.07) is 19.3. The van der Waals surface area contributed by atoms with Gasteiger partial charge in [0, 0.05) is 0 Å². The van der Waals surface area contributed by atoms with Crippen LogP contribution in [0.2, 0.25) is 10.0 Å². The molecule has 0 aromatic heterocycles. The van der Waals surface area contributed by atoms with Gasteiger partial charge in [-0.2, -0.15) is 5.10 Å². The van der Waals surface area contributed by atoms with Crippen molar-refractivity contribution in [2.24, 2.45) is 5.10 Å². The first kappa shape index (κ1) is 23.6. The highest BCUT2D eigenvalue weighted by Gasteiger charge is 2.29. The molecule has 32 heavy (non-hydrogen) atoms. The molecular weight excluding hydrogens is 473 g/mol. The van der Waals surface area contributed by atoms with E-state index in [4.69, 9.17) is 27.9 Å². The number of hydrazone groups is 1. The van der Waals surface area contributed by atoms with Crippen molar-refractivity contribution in [3.8, 4) is 5.75 Å². The minimum absolute atomic E-state index is 0.00516. The standard InChI is InChI=1S/C22H19Cl2N3O4S/c1-31-17-12-10-16(11-13-17)14-25-26-21(28)15-27(20-9-5-8-19(23)22(20)24)32(29,30)18-6-3-2-4-7-18/h2-14H,15H2,1H3,(H,26,28)/b25-14-. The van der Waals surface area contributed by atoms with Gasteiger partial charge in [0.15, 0.2) is 0 Å². The fraction of sp³-hybridized carbons (Fsp3) is 0.0909. The van der Waals surface area contributed by atoms with Crippen LogP contribution in [0.3, 0.4) is 0 Å². The molecule has 3 aromatic carbocycles. The van der Waals surface area contributed by atoms with Crippen molar-refractivity contribution in [2.45, 2.75) is 4.90 Å². The predicted molar refractivity (Wildman–Crippen MR) is 126 cm³/mol. The Balaban J connectivity index is 1.84. The molecule has 0 aliphatic heterocycles. The number of halogens is 2. The van der Waals surface area contributed by atoms with E-state index in [1.165, 1.54) is 30.5 Å². The van der Waals surface area contributed by atoms with Crippen molar-refractivity contribution in [3.05, 3.63) is 88.4 Å². The highest BCUT2D eigenvalue weighted by molar-refractivity contribution is 7.92. The van der Waals surface area contributed by atoms with Crippen LogP contribution >= 0.6 is 23.2 Å². The molecule has 0 radical (unpaired) electrons. The van der Waals surface area contributed by atoms with Gasteiger partial charge in [-0.3, -0.25) is 9.10 Å². The van der Waals surface area contributed by atoms with E-state index in [0.717, 1.165) is 9.87 Å². The van der Waals surface area contributed by atoms with Gasteiger partial charge in [-0.25, -0.2) is 13.8 Å². The maximum absolute atomic E-state index is 13.3. The van der Waals surface area contributed by atoms with E-state index in [1.807, 2.05) is 0 Å². The van der Waals surface area contributed by atoms with Crippen molar-refractivity contribution in [1.82, 2.24) is 5.43 Å². The molecule has 1 N–H and O–H groups in total. The largest absolute Gasteiger partial charge is 0.497 e. The molecule has 3 rings (SSSR count). The van der Waals surface area contributed by atoms with Gasteiger partial charge >= 0.3 is 0 Å². The summed E-state index contributed by atoms with van der Waals surface area (Å²) >= 11 is 12.3. The lowest BCUT2D eigenvalue weighted by Crippen LogP contribution is -2.39. The summed E-state index contributed by atoms with van der Waals surface area (Å²) in [7, 11) is -2.55. The normalized spacial score (nSPS) is 11.3. The van der Waals surface area contributed by atoms with Crippen LogP contribution in [0.5, 0.6) is 5.75 Å². The maximum Gasteiger partial charge on any atom is 0.264 e. The molecule has 0 atom stereocenters. The molecule has 0 fully saturated rings. The molecule has 10 heteroatoms. The van der Waals surface area contributed by atoms with E-state index >= 15 is 0 Å². The van der Waals surface area contributed by atoms with Gasteiger partial charge in [0.05, 0.1) is 34.0 Å². The summed E-state index contributed by atoms with van der Waals surface area (Å²) < 4.78 is 32.5. The molecule has 0 aliphatic rings. The lowest BCUT2D eigenvalue weighted by atomic mass is 10.2. The van der Waals surface area contributed by atoms with Gasteiger partial charge in [-0.05, 0) is 54.1 Å². The zero-order chi connectivity index (χ0) is 23.1. The van der Waals surface area contributed by atoms with E-state index in [-0.39, 0.29) is 20.6 Å². The number of amides is 1. The zero-order valence-corrected chi connectivity index (χ0v) is 19.2. The summed E-state index contributed by atoms with van der Waals surface area (Å²) in [5.74, 6) is 0.0247. The Labute approximate surface area is 196 Å². The maximum atomic E-state index is 13.3. The predicted octanol–water partition coefficient (Wildman–Crippen LogP) is 4.35. The van der Waals surface area contributed by atoms with Crippen LogP contribution in [-0.2, 0) is 14.8 Å². The third-order valence-corrected chi connectivity index (χ3v) is 6.92. The van der Waals surface area contributed by atoms with E-state index in [2.05, 4.69) is 10.5 Å². The average molecular weight is 492 g/mol. The van der Waals surface area contributed by atoms with Crippen molar-refractivity contribution < 1.29 is 17.9 Å². The number of anilines is 1. The van der Waals surface area contributed by atoms with Gasteiger partial charge in [0.2, 0.25) is 0 Å². The van der Waals surface area contributed by atoms with Crippen molar-refractivity contribution in [1.29, 1.82) is 0 Å². The Morgan fingerprint density at radius 2 is 1.72 bits per heavy atom. The second kappa shape index (κ2) is 10.5. The van der Waals surface area contributed by atoms with E-state index in [9.17, 15) is 13.2 Å². The van der Waals surface area contributed by atoms with E-state index in [0.29, 0.717) is 5.75 Å².